The minimum absolute atomic E-state index is 0.0162. The fourth-order valence-electron chi connectivity index (χ4n) is 4.81. The lowest BCUT2D eigenvalue weighted by Gasteiger charge is -2.35. The average molecular weight is 494 g/mol. The van der Waals surface area contributed by atoms with E-state index < -0.39 is 5.60 Å². The van der Waals surface area contributed by atoms with Gasteiger partial charge in [-0.2, -0.15) is 5.10 Å². The molecule has 0 saturated carbocycles. The number of nitrogens with zero attached hydrogens (tertiary/aromatic N) is 4. The molecule has 37 heavy (non-hydrogen) atoms. The topological polar surface area (TPSA) is 94.2 Å². The number of imidazole rings is 1. The van der Waals surface area contributed by atoms with Gasteiger partial charge in [-0.05, 0) is 36.2 Å². The largest absolute Gasteiger partial charge is 0.377 e. The number of hydrogen-bond acceptors (Lipinski definition) is 5. The number of ether oxygens (including phenoxy) is 1. The molecule has 1 amide bonds. The van der Waals surface area contributed by atoms with Crippen LogP contribution in [0, 0.1) is 0 Å². The molecule has 0 atom stereocenters. The summed E-state index contributed by atoms with van der Waals surface area (Å²) in [6.45, 7) is 3.71. The Bertz CT molecular complexity index is 1520. The van der Waals surface area contributed by atoms with Crippen molar-refractivity contribution >= 4 is 22.8 Å². The maximum absolute atomic E-state index is 13.1. The van der Waals surface area contributed by atoms with E-state index in [2.05, 4.69) is 10.4 Å². The number of aryl methyl sites for hydroxylation is 1. The van der Waals surface area contributed by atoms with Gasteiger partial charge in [0.05, 0.1) is 30.3 Å². The maximum Gasteiger partial charge on any atom is 0.256 e. The van der Waals surface area contributed by atoms with Crippen LogP contribution >= 0.6 is 0 Å². The number of carbonyl (C=O) groups is 1. The van der Waals surface area contributed by atoms with Crippen molar-refractivity contribution in [3.8, 4) is 0 Å². The summed E-state index contributed by atoms with van der Waals surface area (Å²) in [6, 6.07) is 26.2. The van der Waals surface area contributed by atoms with Crippen LogP contribution in [0.4, 0.5) is 5.82 Å². The third-order valence-corrected chi connectivity index (χ3v) is 6.85. The van der Waals surface area contributed by atoms with Crippen LogP contribution in [0.15, 0.2) is 91.1 Å². The van der Waals surface area contributed by atoms with Crippen LogP contribution < -0.4 is 5.32 Å². The van der Waals surface area contributed by atoms with Crippen LogP contribution in [-0.2, 0) is 16.9 Å². The predicted molar refractivity (Wildman–Crippen MR) is 140 cm³/mol. The second kappa shape index (κ2) is 9.31. The van der Waals surface area contributed by atoms with Gasteiger partial charge in [-0.3, -0.25) is 9.48 Å². The van der Waals surface area contributed by atoms with Gasteiger partial charge in [-0.1, -0.05) is 60.7 Å². The van der Waals surface area contributed by atoms with Gasteiger partial charge < -0.3 is 19.7 Å². The molecule has 1 aliphatic rings. The fourth-order valence-corrected chi connectivity index (χ4v) is 4.81. The van der Waals surface area contributed by atoms with Crippen molar-refractivity contribution in [2.75, 3.05) is 18.5 Å². The Labute approximate surface area is 214 Å². The standard InChI is InChI=1S/C29H27N5O3/c1-2-33-16-15-26(32-33)31-27(35)20-13-14-24-25(17-20)34(23-18-37-19-23)28(30-24)29(36,21-9-5-3-6-10-21)22-11-7-4-8-12-22/h3-17,23,36H,2,18-19H2,1H3,(H,31,32,35). The highest BCUT2D eigenvalue weighted by Gasteiger charge is 2.41. The van der Waals surface area contributed by atoms with Gasteiger partial charge in [0.1, 0.15) is 0 Å². The number of benzene rings is 3. The molecule has 0 bridgehead atoms. The lowest BCUT2D eigenvalue weighted by atomic mass is 9.85. The zero-order valence-electron chi connectivity index (χ0n) is 20.4. The Hall–Kier alpha value is -4.27. The van der Waals surface area contributed by atoms with Gasteiger partial charge in [-0.25, -0.2) is 4.98 Å². The Morgan fingerprint density at radius 3 is 2.27 bits per heavy atom. The molecule has 2 aromatic heterocycles. The average Bonchev–Trinajstić information content (AvgIpc) is 3.53. The van der Waals surface area contributed by atoms with E-state index in [1.165, 1.54) is 0 Å². The fraction of sp³-hybridized carbons (Fsp3) is 0.207. The lowest BCUT2D eigenvalue weighted by molar-refractivity contribution is -0.0270. The summed E-state index contributed by atoms with van der Waals surface area (Å²) in [5, 5.41) is 19.7. The molecule has 0 spiro atoms. The first-order chi connectivity index (χ1) is 18.1. The molecule has 186 valence electrons. The van der Waals surface area contributed by atoms with Gasteiger partial charge in [0, 0.05) is 24.4 Å². The maximum atomic E-state index is 13.1. The SMILES string of the molecule is CCn1ccc(NC(=O)c2ccc3nc(C(O)(c4ccccc4)c4ccccc4)n(C4COC4)c3c2)n1. The predicted octanol–water partition coefficient (Wildman–Crippen LogP) is 4.36. The number of anilines is 1. The monoisotopic (exact) mass is 493 g/mol. The van der Waals surface area contributed by atoms with Crippen molar-refractivity contribution in [2.45, 2.75) is 25.1 Å². The number of fused-ring (bicyclic) bond motifs is 1. The van der Waals surface area contributed by atoms with Crippen LogP contribution in [0.25, 0.3) is 11.0 Å². The number of hydrogen-bond donors (Lipinski definition) is 2. The summed E-state index contributed by atoms with van der Waals surface area (Å²) in [5.41, 5.74) is 1.85. The van der Waals surface area contributed by atoms with E-state index in [0.717, 1.165) is 12.1 Å². The molecular weight excluding hydrogens is 466 g/mol. The van der Waals surface area contributed by atoms with Crippen molar-refractivity contribution in [2.24, 2.45) is 0 Å². The molecule has 6 rings (SSSR count). The normalized spacial score (nSPS) is 14.0. The first kappa shape index (κ1) is 23.1. The molecule has 1 saturated heterocycles. The zero-order valence-corrected chi connectivity index (χ0v) is 20.4. The van der Waals surface area contributed by atoms with Gasteiger partial charge >= 0.3 is 0 Å². The Morgan fingerprint density at radius 2 is 1.70 bits per heavy atom. The van der Waals surface area contributed by atoms with E-state index >= 15 is 0 Å². The first-order valence-corrected chi connectivity index (χ1v) is 12.4. The highest BCUT2D eigenvalue weighted by Crippen LogP contribution is 2.40. The number of amides is 1. The van der Waals surface area contributed by atoms with E-state index in [1.807, 2.05) is 90.5 Å². The molecule has 1 fully saturated rings. The molecule has 3 heterocycles. The van der Waals surface area contributed by atoms with Crippen molar-refractivity contribution in [1.29, 1.82) is 0 Å². The summed E-state index contributed by atoms with van der Waals surface area (Å²) >= 11 is 0. The molecule has 2 N–H and O–H groups in total. The summed E-state index contributed by atoms with van der Waals surface area (Å²) in [5.74, 6) is 0.729. The highest BCUT2D eigenvalue weighted by atomic mass is 16.5. The summed E-state index contributed by atoms with van der Waals surface area (Å²) in [4.78, 5) is 18.1. The number of aromatic nitrogens is 4. The molecule has 1 aliphatic heterocycles. The second-order valence-electron chi connectivity index (χ2n) is 9.15. The minimum atomic E-state index is -1.51. The molecule has 8 heteroatoms. The smallest absolute Gasteiger partial charge is 0.256 e. The Kier molecular flexibility index (Phi) is 5.82. The third-order valence-electron chi connectivity index (χ3n) is 6.85. The quantitative estimate of drug-likeness (QED) is 0.351. The molecule has 0 unspecified atom stereocenters. The van der Waals surface area contributed by atoms with E-state index in [4.69, 9.17) is 9.72 Å². The number of carbonyl (C=O) groups excluding carboxylic acids is 1. The molecular formula is C29H27N5O3. The van der Waals surface area contributed by atoms with Crippen molar-refractivity contribution in [3.63, 3.8) is 0 Å². The Balaban J connectivity index is 1.50. The first-order valence-electron chi connectivity index (χ1n) is 12.4. The van der Waals surface area contributed by atoms with Gasteiger partial charge in [0.25, 0.3) is 5.91 Å². The lowest BCUT2D eigenvalue weighted by Crippen LogP contribution is -2.38. The summed E-state index contributed by atoms with van der Waals surface area (Å²) in [7, 11) is 0. The van der Waals surface area contributed by atoms with Crippen LogP contribution in [0.1, 0.15) is 40.3 Å². The third kappa shape index (κ3) is 4.00. The number of rotatable bonds is 7. The number of nitrogens with one attached hydrogen (secondary N) is 1. The molecule has 8 nitrogen and oxygen atoms in total. The van der Waals surface area contributed by atoms with E-state index in [1.54, 1.807) is 16.8 Å². The van der Waals surface area contributed by atoms with Crippen LogP contribution in [-0.4, -0.2) is 43.6 Å². The van der Waals surface area contributed by atoms with E-state index in [-0.39, 0.29) is 11.9 Å². The van der Waals surface area contributed by atoms with Crippen LogP contribution in [0.3, 0.4) is 0 Å². The molecule has 0 aliphatic carbocycles. The summed E-state index contributed by atoms with van der Waals surface area (Å²) < 4.78 is 9.32. The zero-order chi connectivity index (χ0) is 25.4. The van der Waals surface area contributed by atoms with Gasteiger partial charge in [-0.15, -0.1) is 0 Å². The van der Waals surface area contributed by atoms with Gasteiger partial charge in [0.2, 0.25) is 0 Å². The van der Waals surface area contributed by atoms with E-state index in [9.17, 15) is 9.90 Å². The second-order valence-corrected chi connectivity index (χ2v) is 9.15. The molecule has 3 aromatic carbocycles. The van der Waals surface area contributed by atoms with Crippen molar-refractivity contribution in [3.05, 3.63) is 114 Å². The van der Waals surface area contributed by atoms with Crippen LogP contribution in [0.2, 0.25) is 0 Å². The van der Waals surface area contributed by atoms with Gasteiger partial charge in [0.15, 0.2) is 17.2 Å². The Morgan fingerprint density at radius 1 is 1.03 bits per heavy atom. The highest BCUT2D eigenvalue weighted by molar-refractivity contribution is 6.05. The number of aliphatic hydroxyl groups is 1. The van der Waals surface area contributed by atoms with Crippen LogP contribution in [0.5, 0.6) is 0 Å². The van der Waals surface area contributed by atoms with Crippen molar-refractivity contribution < 1.29 is 14.6 Å². The minimum Gasteiger partial charge on any atom is -0.377 e. The van der Waals surface area contributed by atoms with E-state index in [0.29, 0.717) is 47.1 Å². The molecule has 0 radical (unpaired) electrons. The molecule has 5 aromatic rings. The summed E-state index contributed by atoms with van der Waals surface area (Å²) in [6.07, 6.45) is 1.82. The van der Waals surface area contributed by atoms with Crippen molar-refractivity contribution in [1.82, 2.24) is 19.3 Å².